The molecule has 1 aromatic carbocycles. The van der Waals surface area contributed by atoms with E-state index >= 15 is 0 Å². The van der Waals surface area contributed by atoms with Crippen LogP contribution in [0.25, 0.3) is 0 Å². The molecule has 1 atom stereocenters. The van der Waals surface area contributed by atoms with Gasteiger partial charge in [0, 0.05) is 6.42 Å². The minimum absolute atomic E-state index is 0.0381. The molecule has 5 nitrogen and oxygen atoms in total. The number of carbonyl (C=O) groups is 1. The third-order valence-electron chi connectivity index (χ3n) is 5.52. The lowest BCUT2D eigenvalue weighted by atomic mass is 9.56. The Hall–Kier alpha value is -1.89. The zero-order chi connectivity index (χ0) is 19.9. The number of ether oxygens (including phenoxy) is 3. The Morgan fingerprint density at radius 3 is 2.30 bits per heavy atom. The van der Waals surface area contributed by atoms with Gasteiger partial charge < -0.3 is 19.9 Å². The van der Waals surface area contributed by atoms with Gasteiger partial charge in [0.05, 0.1) is 11.0 Å². The number of rotatable bonds is 5. The van der Waals surface area contributed by atoms with Crippen LogP contribution in [-0.4, -0.2) is 29.8 Å². The number of hydrogen-bond donors (Lipinski definition) is 1. The Labute approximate surface area is 158 Å². The van der Waals surface area contributed by atoms with Gasteiger partial charge in [-0.2, -0.15) is 8.78 Å². The minimum Gasteiger partial charge on any atom is -0.485 e. The lowest BCUT2D eigenvalue weighted by Gasteiger charge is -2.54. The third-order valence-corrected chi connectivity index (χ3v) is 5.52. The van der Waals surface area contributed by atoms with E-state index in [1.54, 1.807) is 18.2 Å². The molecule has 3 aliphatic rings. The molecule has 4 rings (SSSR count). The summed E-state index contributed by atoms with van der Waals surface area (Å²) in [5.74, 6) is -0.0640. The fourth-order valence-corrected chi connectivity index (χ4v) is 4.01. The first-order valence-corrected chi connectivity index (χ1v) is 9.26. The van der Waals surface area contributed by atoms with Crippen molar-refractivity contribution in [3.63, 3.8) is 0 Å². The highest BCUT2D eigenvalue weighted by atomic mass is 19.3. The molecule has 0 aromatic heterocycles. The summed E-state index contributed by atoms with van der Waals surface area (Å²) < 4.78 is 41.6. The van der Waals surface area contributed by atoms with Gasteiger partial charge in [0.2, 0.25) is 0 Å². The van der Waals surface area contributed by atoms with Crippen molar-refractivity contribution in [3.8, 4) is 11.5 Å². The van der Waals surface area contributed by atoms with Crippen molar-refractivity contribution in [2.24, 2.45) is 11.1 Å². The summed E-state index contributed by atoms with van der Waals surface area (Å²) in [5, 5.41) is 0. The molecule has 0 heterocycles. The lowest BCUT2D eigenvalue weighted by molar-refractivity contribution is -0.180. The molecular formula is C20H27F2NO4. The van der Waals surface area contributed by atoms with Crippen molar-refractivity contribution in [3.05, 3.63) is 24.3 Å². The average Bonchev–Trinajstić information content (AvgIpc) is 2.56. The fourth-order valence-electron chi connectivity index (χ4n) is 4.01. The predicted octanol–water partition coefficient (Wildman–Crippen LogP) is 4.04. The quantitative estimate of drug-likeness (QED) is 0.777. The van der Waals surface area contributed by atoms with Crippen molar-refractivity contribution in [1.82, 2.24) is 0 Å². The van der Waals surface area contributed by atoms with Gasteiger partial charge in [-0.15, -0.1) is 0 Å². The first-order chi connectivity index (χ1) is 12.5. The molecule has 0 aliphatic heterocycles. The summed E-state index contributed by atoms with van der Waals surface area (Å²) >= 11 is 0. The van der Waals surface area contributed by atoms with Crippen LogP contribution in [0.4, 0.5) is 8.78 Å². The number of carbonyl (C=O) groups excluding carboxylic acids is 1. The number of hydrogen-bond acceptors (Lipinski definition) is 5. The number of nitrogens with two attached hydrogens (primary N) is 1. The van der Waals surface area contributed by atoms with E-state index < -0.39 is 29.3 Å². The first-order valence-electron chi connectivity index (χ1n) is 9.26. The zero-order valence-corrected chi connectivity index (χ0v) is 16.0. The molecule has 150 valence electrons. The molecule has 3 saturated carbocycles. The summed E-state index contributed by atoms with van der Waals surface area (Å²) in [7, 11) is 0. The summed E-state index contributed by atoms with van der Waals surface area (Å²) in [5.41, 5.74) is 4.75. The Morgan fingerprint density at radius 2 is 1.74 bits per heavy atom. The molecule has 0 radical (unpaired) electrons. The molecule has 2 bridgehead atoms. The molecule has 0 saturated heterocycles. The molecule has 7 heteroatoms. The second kappa shape index (κ2) is 6.93. The van der Waals surface area contributed by atoms with E-state index in [0.717, 1.165) is 0 Å². The fraction of sp³-hybridized carbons (Fsp3) is 0.650. The van der Waals surface area contributed by atoms with E-state index in [-0.39, 0.29) is 17.5 Å². The van der Waals surface area contributed by atoms with Crippen molar-refractivity contribution < 1.29 is 27.8 Å². The summed E-state index contributed by atoms with van der Waals surface area (Å²) in [6, 6.07) is 6.28. The van der Waals surface area contributed by atoms with Crippen LogP contribution in [0.1, 0.15) is 52.9 Å². The van der Waals surface area contributed by atoms with Crippen LogP contribution in [0.5, 0.6) is 11.5 Å². The minimum atomic E-state index is -2.95. The average molecular weight is 383 g/mol. The van der Waals surface area contributed by atoms with Crippen LogP contribution in [0.3, 0.4) is 0 Å². The highest BCUT2D eigenvalue weighted by Crippen LogP contribution is 2.53. The molecule has 0 spiro atoms. The predicted molar refractivity (Wildman–Crippen MR) is 95.8 cm³/mol. The summed E-state index contributed by atoms with van der Waals surface area (Å²) in [6.07, 6.45) is 2.46. The maximum absolute atomic E-state index is 12.9. The Balaban J connectivity index is 1.82. The van der Waals surface area contributed by atoms with Crippen molar-refractivity contribution >= 4 is 5.97 Å². The maximum Gasteiger partial charge on any atom is 0.387 e. The SMILES string of the molecule is CC(C)(C)OC(=O)C12CCC(N)(CC1)C(Oc1ccccc1OC(F)F)C2. The largest absolute Gasteiger partial charge is 0.485 e. The van der Waals surface area contributed by atoms with E-state index in [1.807, 2.05) is 20.8 Å². The van der Waals surface area contributed by atoms with E-state index in [2.05, 4.69) is 4.74 Å². The molecule has 27 heavy (non-hydrogen) atoms. The maximum atomic E-state index is 12.9. The van der Waals surface area contributed by atoms with Crippen LogP contribution in [0.2, 0.25) is 0 Å². The molecule has 3 fully saturated rings. The van der Waals surface area contributed by atoms with Crippen molar-refractivity contribution in [2.75, 3.05) is 0 Å². The number of alkyl halides is 2. The number of fused-ring (bicyclic) bond motifs is 3. The summed E-state index contributed by atoms with van der Waals surface area (Å²) in [6.45, 7) is 2.57. The van der Waals surface area contributed by atoms with Gasteiger partial charge in [-0.25, -0.2) is 0 Å². The Kier molecular flexibility index (Phi) is 5.10. The number of benzene rings is 1. The van der Waals surface area contributed by atoms with Crippen LogP contribution >= 0.6 is 0 Å². The van der Waals surface area contributed by atoms with E-state index in [0.29, 0.717) is 32.1 Å². The molecule has 0 amide bonds. The highest BCUT2D eigenvalue weighted by Gasteiger charge is 2.58. The third kappa shape index (κ3) is 4.18. The van der Waals surface area contributed by atoms with Gasteiger partial charge in [-0.3, -0.25) is 4.79 Å². The topological polar surface area (TPSA) is 70.8 Å². The van der Waals surface area contributed by atoms with Crippen molar-refractivity contribution in [2.45, 2.75) is 76.7 Å². The van der Waals surface area contributed by atoms with Gasteiger partial charge in [0.1, 0.15) is 11.7 Å². The molecule has 1 unspecified atom stereocenters. The van der Waals surface area contributed by atoms with Gasteiger partial charge in [-0.05, 0) is 58.6 Å². The number of halogens is 2. The van der Waals surface area contributed by atoms with Crippen LogP contribution in [-0.2, 0) is 9.53 Å². The monoisotopic (exact) mass is 383 g/mol. The van der Waals surface area contributed by atoms with E-state index in [4.69, 9.17) is 15.2 Å². The van der Waals surface area contributed by atoms with Crippen LogP contribution in [0.15, 0.2) is 24.3 Å². The van der Waals surface area contributed by atoms with Gasteiger partial charge in [0.25, 0.3) is 0 Å². The van der Waals surface area contributed by atoms with Crippen LogP contribution < -0.4 is 15.2 Å². The molecular weight excluding hydrogens is 356 g/mol. The Morgan fingerprint density at radius 1 is 1.15 bits per heavy atom. The zero-order valence-electron chi connectivity index (χ0n) is 16.0. The van der Waals surface area contributed by atoms with Crippen LogP contribution in [0, 0.1) is 5.41 Å². The second-order valence-electron chi connectivity index (χ2n) is 8.65. The van der Waals surface area contributed by atoms with Crippen molar-refractivity contribution in [1.29, 1.82) is 0 Å². The smallest absolute Gasteiger partial charge is 0.387 e. The van der Waals surface area contributed by atoms with E-state index in [9.17, 15) is 13.6 Å². The molecule has 3 aliphatic carbocycles. The molecule has 2 N–H and O–H groups in total. The van der Waals surface area contributed by atoms with Gasteiger partial charge in [0.15, 0.2) is 11.5 Å². The van der Waals surface area contributed by atoms with Gasteiger partial charge >= 0.3 is 12.6 Å². The number of esters is 1. The molecule has 1 aromatic rings. The normalized spacial score (nSPS) is 30.3. The van der Waals surface area contributed by atoms with Gasteiger partial charge in [-0.1, -0.05) is 12.1 Å². The highest BCUT2D eigenvalue weighted by molar-refractivity contribution is 5.78. The lowest BCUT2D eigenvalue weighted by Crippen LogP contribution is -2.65. The van der Waals surface area contributed by atoms with E-state index in [1.165, 1.54) is 6.07 Å². The second-order valence-corrected chi connectivity index (χ2v) is 8.65. The number of para-hydroxylation sites is 2. The summed E-state index contributed by atoms with van der Waals surface area (Å²) in [4.78, 5) is 12.9. The first kappa shape index (κ1) is 19.9. The standard InChI is InChI=1S/C20H27F2NO4/c1-18(2,3)27-16(24)19-8-10-20(23,11-9-19)15(12-19)25-13-6-4-5-7-14(13)26-17(21)22/h4-7,15,17H,8-12,23H2,1-3H3. The Bertz CT molecular complexity index is 693.